The highest BCUT2D eigenvalue weighted by Gasteiger charge is 2.04. The summed E-state index contributed by atoms with van der Waals surface area (Å²) in [5, 5.41) is 15.6. The summed E-state index contributed by atoms with van der Waals surface area (Å²) in [6.45, 7) is 5.65. The summed E-state index contributed by atoms with van der Waals surface area (Å²) in [7, 11) is 1.77. The fourth-order valence-corrected chi connectivity index (χ4v) is 2.74. The molecule has 0 saturated carbocycles. The second kappa shape index (κ2) is 10.8. The molecule has 2 aromatic carbocycles. The summed E-state index contributed by atoms with van der Waals surface area (Å²) in [5.41, 5.74) is 3.00. The van der Waals surface area contributed by atoms with E-state index in [1.165, 1.54) is 5.69 Å². The minimum Gasteiger partial charge on any atom is -0.372 e. The fourth-order valence-electron chi connectivity index (χ4n) is 2.74. The van der Waals surface area contributed by atoms with E-state index in [4.69, 9.17) is 5.26 Å². The largest absolute Gasteiger partial charge is 0.372 e. The van der Waals surface area contributed by atoms with Crippen molar-refractivity contribution in [3.8, 4) is 6.07 Å². The average Bonchev–Trinajstić information content (AvgIpc) is 2.71. The third-order valence-corrected chi connectivity index (χ3v) is 4.14. The lowest BCUT2D eigenvalue weighted by atomic mass is 10.1. The van der Waals surface area contributed by atoms with Gasteiger partial charge < -0.3 is 15.5 Å². The predicted octanol–water partition coefficient (Wildman–Crippen LogP) is 3.14. The maximum absolute atomic E-state index is 8.97. The highest BCUT2D eigenvalue weighted by Crippen LogP contribution is 2.12. The number of aliphatic imine (C=N–C) groups is 1. The monoisotopic (exact) mass is 349 g/mol. The summed E-state index contributed by atoms with van der Waals surface area (Å²) in [6, 6.07) is 20.2. The zero-order valence-electron chi connectivity index (χ0n) is 15.6. The minimum atomic E-state index is 0.639. The van der Waals surface area contributed by atoms with E-state index < -0.39 is 0 Å². The minimum absolute atomic E-state index is 0.639. The fraction of sp³-hybridized carbons (Fsp3) is 0.333. The van der Waals surface area contributed by atoms with Gasteiger partial charge in [-0.2, -0.15) is 5.26 Å². The van der Waals surface area contributed by atoms with Crippen LogP contribution in [0.4, 0.5) is 5.69 Å². The normalized spacial score (nSPS) is 10.9. The van der Waals surface area contributed by atoms with Crippen LogP contribution in [0.2, 0.25) is 0 Å². The van der Waals surface area contributed by atoms with E-state index >= 15 is 0 Å². The molecule has 0 atom stereocenters. The quantitative estimate of drug-likeness (QED) is 0.437. The number of guanidine groups is 1. The predicted molar refractivity (Wildman–Crippen MR) is 108 cm³/mol. The summed E-state index contributed by atoms with van der Waals surface area (Å²) in [6.07, 6.45) is 1.02. The van der Waals surface area contributed by atoms with E-state index in [1.807, 2.05) is 30.3 Å². The Morgan fingerprint density at radius 2 is 1.92 bits per heavy atom. The van der Waals surface area contributed by atoms with Gasteiger partial charge in [0.15, 0.2) is 5.96 Å². The molecule has 0 heterocycles. The van der Waals surface area contributed by atoms with Crippen LogP contribution < -0.4 is 15.5 Å². The number of hydrogen-bond acceptors (Lipinski definition) is 3. The SMILES string of the molecule is CCN(CCCNC(=NC)NCc1cccc(C#N)c1)c1ccccc1. The Balaban J connectivity index is 1.74. The van der Waals surface area contributed by atoms with E-state index in [-0.39, 0.29) is 0 Å². The zero-order valence-corrected chi connectivity index (χ0v) is 15.6. The van der Waals surface area contributed by atoms with Gasteiger partial charge in [-0.05, 0) is 43.2 Å². The van der Waals surface area contributed by atoms with Crippen LogP contribution in [0.15, 0.2) is 59.6 Å². The van der Waals surface area contributed by atoms with Crippen LogP contribution in [0.25, 0.3) is 0 Å². The molecule has 0 fully saturated rings. The standard InChI is InChI=1S/C21H27N5/c1-3-26(20-11-5-4-6-12-20)14-8-13-24-21(23-2)25-17-19-10-7-9-18(15-19)16-22/h4-7,9-12,15H,3,8,13-14,17H2,1-2H3,(H2,23,24,25). The number of benzene rings is 2. The Hall–Kier alpha value is -3.00. The highest BCUT2D eigenvalue weighted by molar-refractivity contribution is 5.79. The second-order valence-corrected chi connectivity index (χ2v) is 5.93. The van der Waals surface area contributed by atoms with Gasteiger partial charge in [0.25, 0.3) is 0 Å². The lowest BCUT2D eigenvalue weighted by Gasteiger charge is -2.23. The van der Waals surface area contributed by atoms with Crippen molar-refractivity contribution in [2.75, 3.05) is 31.6 Å². The Kier molecular flexibility index (Phi) is 8.01. The van der Waals surface area contributed by atoms with Gasteiger partial charge in [0.2, 0.25) is 0 Å². The van der Waals surface area contributed by atoms with Crippen molar-refractivity contribution in [3.63, 3.8) is 0 Å². The summed E-state index contributed by atoms with van der Waals surface area (Å²) >= 11 is 0. The topological polar surface area (TPSA) is 63.4 Å². The molecule has 0 unspecified atom stereocenters. The van der Waals surface area contributed by atoms with Crippen molar-refractivity contribution < 1.29 is 0 Å². The molecular weight excluding hydrogens is 322 g/mol. The maximum atomic E-state index is 8.97. The van der Waals surface area contributed by atoms with Gasteiger partial charge in [0.05, 0.1) is 11.6 Å². The van der Waals surface area contributed by atoms with E-state index in [2.05, 4.69) is 57.8 Å². The van der Waals surface area contributed by atoms with Crippen molar-refractivity contribution in [3.05, 3.63) is 65.7 Å². The number of nitrogens with one attached hydrogen (secondary N) is 2. The number of para-hydroxylation sites is 1. The van der Waals surface area contributed by atoms with Crippen molar-refractivity contribution in [1.29, 1.82) is 5.26 Å². The smallest absolute Gasteiger partial charge is 0.191 e. The van der Waals surface area contributed by atoms with Crippen molar-refractivity contribution >= 4 is 11.6 Å². The van der Waals surface area contributed by atoms with Gasteiger partial charge in [-0.3, -0.25) is 4.99 Å². The van der Waals surface area contributed by atoms with Gasteiger partial charge in [-0.1, -0.05) is 30.3 Å². The molecule has 26 heavy (non-hydrogen) atoms. The van der Waals surface area contributed by atoms with Gasteiger partial charge in [0.1, 0.15) is 0 Å². The first-order valence-electron chi connectivity index (χ1n) is 9.00. The molecule has 0 aliphatic heterocycles. The van der Waals surface area contributed by atoms with Crippen LogP contribution in [0.5, 0.6) is 0 Å². The second-order valence-electron chi connectivity index (χ2n) is 5.93. The molecule has 0 aromatic heterocycles. The van der Waals surface area contributed by atoms with E-state index in [0.29, 0.717) is 12.1 Å². The molecule has 0 bridgehead atoms. The molecule has 0 aliphatic rings. The molecular formula is C21H27N5. The average molecular weight is 349 g/mol. The third kappa shape index (κ3) is 6.14. The van der Waals surface area contributed by atoms with E-state index in [9.17, 15) is 0 Å². The van der Waals surface area contributed by atoms with Crippen LogP contribution in [0, 0.1) is 11.3 Å². The summed E-state index contributed by atoms with van der Waals surface area (Å²) < 4.78 is 0. The molecule has 2 N–H and O–H groups in total. The summed E-state index contributed by atoms with van der Waals surface area (Å²) in [4.78, 5) is 6.62. The molecule has 5 heteroatoms. The summed E-state index contributed by atoms with van der Waals surface area (Å²) in [5.74, 6) is 0.773. The highest BCUT2D eigenvalue weighted by atomic mass is 15.2. The first-order chi connectivity index (χ1) is 12.8. The number of anilines is 1. The molecule has 0 spiro atoms. The van der Waals surface area contributed by atoms with Gasteiger partial charge >= 0.3 is 0 Å². The first kappa shape index (κ1) is 19.3. The molecule has 0 amide bonds. The van der Waals surface area contributed by atoms with Crippen LogP contribution in [0.3, 0.4) is 0 Å². The lowest BCUT2D eigenvalue weighted by Crippen LogP contribution is -2.38. The zero-order chi connectivity index (χ0) is 18.6. The Morgan fingerprint density at radius 1 is 1.12 bits per heavy atom. The van der Waals surface area contributed by atoms with Gasteiger partial charge in [-0.15, -0.1) is 0 Å². The van der Waals surface area contributed by atoms with Crippen LogP contribution in [-0.2, 0) is 6.54 Å². The molecule has 2 aromatic rings. The lowest BCUT2D eigenvalue weighted by molar-refractivity contribution is 0.708. The molecule has 5 nitrogen and oxygen atoms in total. The van der Waals surface area contributed by atoms with E-state index in [0.717, 1.165) is 37.6 Å². The number of nitriles is 1. The number of rotatable bonds is 8. The van der Waals surface area contributed by atoms with Gasteiger partial charge in [0, 0.05) is 38.9 Å². The van der Waals surface area contributed by atoms with Gasteiger partial charge in [-0.25, -0.2) is 0 Å². The molecule has 136 valence electrons. The van der Waals surface area contributed by atoms with Crippen LogP contribution >= 0.6 is 0 Å². The molecule has 2 rings (SSSR count). The molecule has 0 saturated heterocycles. The maximum Gasteiger partial charge on any atom is 0.191 e. The Labute approximate surface area is 156 Å². The number of hydrogen-bond donors (Lipinski definition) is 2. The van der Waals surface area contributed by atoms with Crippen molar-refractivity contribution in [2.24, 2.45) is 4.99 Å². The molecule has 0 radical (unpaired) electrons. The number of nitrogens with zero attached hydrogens (tertiary/aromatic N) is 3. The first-order valence-corrected chi connectivity index (χ1v) is 9.00. The van der Waals surface area contributed by atoms with Crippen molar-refractivity contribution in [2.45, 2.75) is 19.9 Å². The van der Waals surface area contributed by atoms with E-state index in [1.54, 1.807) is 7.05 Å². The van der Waals surface area contributed by atoms with Crippen LogP contribution in [0.1, 0.15) is 24.5 Å². The Bertz CT molecular complexity index is 734. The van der Waals surface area contributed by atoms with Crippen LogP contribution in [-0.4, -0.2) is 32.6 Å². The Morgan fingerprint density at radius 3 is 2.62 bits per heavy atom. The molecule has 0 aliphatic carbocycles. The third-order valence-electron chi connectivity index (χ3n) is 4.14. The van der Waals surface area contributed by atoms with Crippen molar-refractivity contribution in [1.82, 2.24) is 10.6 Å².